The van der Waals surface area contributed by atoms with E-state index in [1.165, 1.54) is 18.4 Å². The van der Waals surface area contributed by atoms with Crippen molar-refractivity contribution in [3.05, 3.63) is 20.8 Å². The van der Waals surface area contributed by atoms with Crippen molar-refractivity contribution >= 4 is 39.1 Å². The van der Waals surface area contributed by atoms with Crippen LogP contribution in [0.4, 0.5) is 0 Å². The Kier molecular flexibility index (Phi) is 7.04. The van der Waals surface area contributed by atoms with Crippen molar-refractivity contribution < 1.29 is 19.1 Å². The van der Waals surface area contributed by atoms with Crippen molar-refractivity contribution in [3.63, 3.8) is 0 Å². The summed E-state index contributed by atoms with van der Waals surface area (Å²) >= 11 is 4.77. The third-order valence-corrected chi connectivity index (χ3v) is 3.98. The van der Waals surface area contributed by atoms with Gasteiger partial charge < -0.3 is 14.4 Å². The summed E-state index contributed by atoms with van der Waals surface area (Å²) in [6, 6.07) is 1.77. The van der Waals surface area contributed by atoms with Gasteiger partial charge in [-0.3, -0.25) is 9.59 Å². The summed E-state index contributed by atoms with van der Waals surface area (Å²) < 4.78 is 10.5. The van der Waals surface area contributed by atoms with Crippen molar-refractivity contribution in [2.75, 3.05) is 33.9 Å². The largest absolute Gasteiger partial charge is 0.469 e. The highest BCUT2D eigenvalue weighted by atomic mass is 79.9. The van der Waals surface area contributed by atoms with E-state index >= 15 is 0 Å². The molecule has 1 rings (SSSR count). The van der Waals surface area contributed by atoms with Crippen LogP contribution >= 0.6 is 27.3 Å². The molecule has 0 N–H and O–H groups in total. The van der Waals surface area contributed by atoms with Crippen LogP contribution < -0.4 is 0 Å². The molecule has 5 nitrogen and oxygen atoms in total. The smallest absolute Gasteiger partial charge is 0.307 e. The second kappa shape index (κ2) is 8.29. The van der Waals surface area contributed by atoms with Gasteiger partial charge in [-0.2, -0.15) is 0 Å². The van der Waals surface area contributed by atoms with E-state index in [1.54, 1.807) is 23.5 Å². The van der Waals surface area contributed by atoms with E-state index in [4.69, 9.17) is 4.74 Å². The summed E-state index contributed by atoms with van der Waals surface area (Å²) in [5.74, 6) is -0.440. The van der Waals surface area contributed by atoms with E-state index < -0.39 is 0 Å². The maximum atomic E-state index is 12.3. The van der Waals surface area contributed by atoms with Gasteiger partial charge in [0.05, 0.1) is 29.5 Å². The average Bonchev–Trinajstić information content (AvgIpc) is 2.84. The highest BCUT2D eigenvalue weighted by Crippen LogP contribution is 2.21. The van der Waals surface area contributed by atoms with Crippen LogP contribution in [0.25, 0.3) is 0 Å². The number of thiophene rings is 1. The highest BCUT2D eigenvalue weighted by molar-refractivity contribution is 9.11. The molecule has 0 atom stereocenters. The fourth-order valence-electron chi connectivity index (χ4n) is 1.45. The van der Waals surface area contributed by atoms with Gasteiger partial charge in [0.2, 0.25) is 0 Å². The molecule has 0 spiro atoms. The normalized spacial score (nSPS) is 10.3. The Hall–Kier alpha value is -0.920. The van der Waals surface area contributed by atoms with Crippen molar-refractivity contribution in [2.24, 2.45) is 0 Å². The molecule has 0 saturated carbocycles. The van der Waals surface area contributed by atoms with Gasteiger partial charge in [-0.15, -0.1) is 11.3 Å². The van der Waals surface area contributed by atoms with E-state index in [0.29, 0.717) is 25.3 Å². The number of esters is 1. The van der Waals surface area contributed by atoms with Gasteiger partial charge >= 0.3 is 5.97 Å². The third kappa shape index (κ3) is 5.30. The molecule has 106 valence electrons. The van der Waals surface area contributed by atoms with Crippen LogP contribution in [-0.2, 0) is 14.3 Å². The predicted octanol–water partition coefficient (Wildman–Crippen LogP) is 2.16. The number of methoxy groups -OCH3 is 2. The Labute approximate surface area is 124 Å². The Bertz CT molecular complexity index is 435. The van der Waals surface area contributed by atoms with Crippen LogP contribution in [0.5, 0.6) is 0 Å². The van der Waals surface area contributed by atoms with Crippen LogP contribution in [0.15, 0.2) is 15.2 Å². The Morgan fingerprint density at radius 1 is 1.37 bits per heavy atom. The zero-order chi connectivity index (χ0) is 14.3. The fraction of sp³-hybridized carbons (Fsp3) is 0.500. The van der Waals surface area contributed by atoms with Gasteiger partial charge in [-0.25, -0.2) is 0 Å². The van der Waals surface area contributed by atoms with E-state index in [-0.39, 0.29) is 18.3 Å². The number of nitrogens with zero attached hydrogens (tertiary/aromatic N) is 1. The zero-order valence-corrected chi connectivity index (χ0v) is 13.3. The first-order valence-corrected chi connectivity index (χ1v) is 7.34. The van der Waals surface area contributed by atoms with Crippen molar-refractivity contribution in [3.8, 4) is 0 Å². The topological polar surface area (TPSA) is 55.8 Å². The Balaban J connectivity index is 2.66. The molecular weight excluding hydrogens is 334 g/mol. The van der Waals surface area contributed by atoms with Crippen LogP contribution in [0.2, 0.25) is 0 Å². The fourth-order valence-corrected chi connectivity index (χ4v) is 2.58. The number of halogens is 1. The molecule has 0 aliphatic rings. The van der Waals surface area contributed by atoms with Gasteiger partial charge in [0.25, 0.3) is 5.91 Å². The summed E-state index contributed by atoms with van der Waals surface area (Å²) in [4.78, 5) is 25.0. The summed E-state index contributed by atoms with van der Waals surface area (Å²) in [5, 5.41) is 1.78. The standard InChI is InChI=1S/C12H16BrNO4S/c1-17-6-5-14(4-3-11(15)18-2)12(16)9-7-10(13)19-8-9/h7-8H,3-6H2,1-2H3. The summed E-state index contributed by atoms with van der Waals surface area (Å²) in [7, 11) is 2.91. The van der Waals surface area contributed by atoms with Gasteiger partial charge in [0.15, 0.2) is 0 Å². The molecule has 0 radical (unpaired) electrons. The first-order chi connectivity index (χ1) is 9.08. The van der Waals surface area contributed by atoms with E-state index in [2.05, 4.69) is 20.7 Å². The zero-order valence-electron chi connectivity index (χ0n) is 10.8. The lowest BCUT2D eigenvalue weighted by atomic mass is 10.2. The van der Waals surface area contributed by atoms with E-state index in [1.807, 2.05) is 0 Å². The highest BCUT2D eigenvalue weighted by Gasteiger charge is 2.18. The Morgan fingerprint density at radius 2 is 2.11 bits per heavy atom. The number of rotatable bonds is 7. The maximum absolute atomic E-state index is 12.3. The summed E-state index contributed by atoms with van der Waals surface area (Å²) in [6.07, 6.45) is 0.178. The number of amides is 1. The maximum Gasteiger partial charge on any atom is 0.307 e. The van der Waals surface area contributed by atoms with Crippen molar-refractivity contribution in [2.45, 2.75) is 6.42 Å². The van der Waals surface area contributed by atoms with Gasteiger partial charge in [-0.1, -0.05) is 0 Å². The van der Waals surface area contributed by atoms with Gasteiger partial charge in [0.1, 0.15) is 0 Å². The molecule has 7 heteroatoms. The van der Waals surface area contributed by atoms with Crippen molar-refractivity contribution in [1.82, 2.24) is 4.90 Å². The third-order valence-electron chi connectivity index (χ3n) is 2.48. The molecule has 0 aromatic carbocycles. The number of hydrogen-bond acceptors (Lipinski definition) is 5. The quantitative estimate of drug-likeness (QED) is 0.708. The van der Waals surface area contributed by atoms with E-state index in [9.17, 15) is 9.59 Å². The second-order valence-electron chi connectivity index (χ2n) is 3.75. The monoisotopic (exact) mass is 349 g/mol. The molecule has 0 bridgehead atoms. The van der Waals surface area contributed by atoms with Crippen LogP contribution in [0.1, 0.15) is 16.8 Å². The molecule has 0 saturated heterocycles. The van der Waals surface area contributed by atoms with Gasteiger partial charge in [0, 0.05) is 25.6 Å². The summed E-state index contributed by atoms with van der Waals surface area (Å²) in [6.45, 7) is 1.19. The van der Waals surface area contributed by atoms with Gasteiger partial charge in [-0.05, 0) is 22.0 Å². The molecule has 0 aliphatic carbocycles. The number of carbonyl (C=O) groups excluding carboxylic acids is 2. The lowest BCUT2D eigenvalue weighted by Crippen LogP contribution is -2.35. The minimum atomic E-state index is -0.332. The van der Waals surface area contributed by atoms with Crippen molar-refractivity contribution in [1.29, 1.82) is 0 Å². The number of ether oxygens (including phenoxy) is 2. The van der Waals surface area contributed by atoms with Crippen LogP contribution in [0, 0.1) is 0 Å². The lowest BCUT2D eigenvalue weighted by molar-refractivity contribution is -0.140. The molecule has 1 aromatic heterocycles. The molecule has 1 heterocycles. The first-order valence-electron chi connectivity index (χ1n) is 5.67. The SMILES string of the molecule is COCCN(CCC(=O)OC)C(=O)c1csc(Br)c1. The predicted molar refractivity (Wildman–Crippen MR) is 76.4 cm³/mol. The molecule has 1 aromatic rings. The molecule has 19 heavy (non-hydrogen) atoms. The first kappa shape index (κ1) is 16.1. The Morgan fingerprint density at radius 3 is 2.63 bits per heavy atom. The minimum absolute atomic E-state index is 0.108. The molecule has 0 aliphatic heterocycles. The van der Waals surface area contributed by atoms with E-state index in [0.717, 1.165) is 3.79 Å². The summed E-state index contributed by atoms with van der Waals surface area (Å²) in [5.41, 5.74) is 0.609. The second-order valence-corrected chi connectivity index (χ2v) is 6.04. The molecular formula is C12H16BrNO4S. The van der Waals surface area contributed by atoms with Crippen LogP contribution in [-0.4, -0.2) is 50.7 Å². The number of carbonyl (C=O) groups is 2. The minimum Gasteiger partial charge on any atom is -0.469 e. The number of hydrogen-bond donors (Lipinski definition) is 0. The van der Waals surface area contributed by atoms with Crippen LogP contribution in [0.3, 0.4) is 0 Å². The average molecular weight is 350 g/mol. The molecule has 0 unspecified atom stereocenters. The molecule has 0 fully saturated rings. The molecule has 1 amide bonds. The lowest BCUT2D eigenvalue weighted by Gasteiger charge is -2.21.